The van der Waals surface area contributed by atoms with Crippen LogP contribution < -0.4 is 5.32 Å². The van der Waals surface area contributed by atoms with Crippen LogP contribution in [0.4, 0.5) is 5.69 Å². The van der Waals surface area contributed by atoms with E-state index >= 15 is 0 Å². The molecule has 1 aromatic carbocycles. The summed E-state index contributed by atoms with van der Waals surface area (Å²) >= 11 is 0. The van der Waals surface area contributed by atoms with E-state index in [9.17, 15) is 9.90 Å². The van der Waals surface area contributed by atoms with Crippen LogP contribution in [0.2, 0.25) is 0 Å². The van der Waals surface area contributed by atoms with E-state index in [4.69, 9.17) is 5.11 Å². The van der Waals surface area contributed by atoms with E-state index in [1.165, 1.54) is 11.1 Å². The third-order valence-electron chi connectivity index (χ3n) is 2.74. The molecule has 4 heteroatoms. The summed E-state index contributed by atoms with van der Waals surface area (Å²) in [4.78, 5) is 10.3. The van der Waals surface area contributed by atoms with Gasteiger partial charge in [0.2, 0.25) is 0 Å². The van der Waals surface area contributed by atoms with Crippen LogP contribution in [-0.2, 0) is 4.79 Å². The average molecular weight is 237 g/mol. The first-order valence-electron chi connectivity index (χ1n) is 5.70. The highest BCUT2D eigenvalue weighted by atomic mass is 16.4. The van der Waals surface area contributed by atoms with Gasteiger partial charge < -0.3 is 15.5 Å². The van der Waals surface area contributed by atoms with Crippen molar-refractivity contribution in [3.8, 4) is 0 Å². The van der Waals surface area contributed by atoms with Crippen LogP contribution in [0.25, 0.3) is 0 Å². The number of aliphatic carboxylic acids is 1. The predicted octanol–water partition coefficient (Wildman–Crippen LogP) is 1.94. The smallest absolute Gasteiger partial charge is 0.303 e. The first-order chi connectivity index (χ1) is 7.99. The number of carbonyl (C=O) groups is 1. The zero-order chi connectivity index (χ0) is 12.8. The summed E-state index contributed by atoms with van der Waals surface area (Å²) in [7, 11) is 0. The number of hydrogen-bond donors (Lipinski definition) is 3. The lowest BCUT2D eigenvalue weighted by Crippen LogP contribution is -2.20. The van der Waals surface area contributed by atoms with Gasteiger partial charge in [-0.2, -0.15) is 0 Å². The molecule has 0 aliphatic heterocycles. The summed E-state index contributed by atoms with van der Waals surface area (Å²) in [5, 5.41) is 21.1. The van der Waals surface area contributed by atoms with Gasteiger partial charge in [-0.3, -0.25) is 4.79 Å². The van der Waals surface area contributed by atoms with Gasteiger partial charge in [0.05, 0.1) is 6.10 Å². The Kier molecular flexibility index (Phi) is 4.97. The predicted molar refractivity (Wildman–Crippen MR) is 67.3 cm³/mol. The number of hydrogen-bond acceptors (Lipinski definition) is 3. The summed E-state index contributed by atoms with van der Waals surface area (Å²) < 4.78 is 0. The molecule has 0 heterocycles. The number of carboxylic acids is 1. The molecule has 0 fully saturated rings. The van der Waals surface area contributed by atoms with Crippen molar-refractivity contribution >= 4 is 11.7 Å². The van der Waals surface area contributed by atoms with Crippen molar-refractivity contribution in [1.29, 1.82) is 0 Å². The molecule has 94 valence electrons. The molecule has 1 aromatic rings. The standard InChI is InChI=1S/C13H19NO3/c1-9-3-4-11(7-10(9)2)14-8-12(15)5-6-13(16)17/h3-4,7,12,14-15H,5-6,8H2,1-2H3,(H,16,17). The molecular formula is C13H19NO3. The first-order valence-corrected chi connectivity index (χ1v) is 5.70. The van der Waals surface area contributed by atoms with E-state index in [2.05, 4.69) is 5.32 Å². The molecular weight excluding hydrogens is 218 g/mol. The lowest BCUT2D eigenvalue weighted by atomic mass is 10.1. The van der Waals surface area contributed by atoms with E-state index in [0.717, 1.165) is 5.69 Å². The molecule has 1 atom stereocenters. The SMILES string of the molecule is Cc1ccc(NCC(O)CCC(=O)O)cc1C. The maximum atomic E-state index is 10.3. The lowest BCUT2D eigenvalue weighted by Gasteiger charge is -2.12. The summed E-state index contributed by atoms with van der Waals surface area (Å²) in [6.45, 7) is 4.44. The molecule has 4 nitrogen and oxygen atoms in total. The summed E-state index contributed by atoms with van der Waals surface area (Å²) in [6, 6.07) is 5.98. The molecule has 0 radical (unpaired) electrons. The number of carboxylic acid groups (broad SMARTS) is 1. The molecule has 1 rings (SSSR count). The summed E-state index contributed by atoms with van der Waals surface area (Å²) in [5.74, 6) is -0.879. The molecule has 0 saturated heterocycles. The van der Waals surface area contributed by atoms with E-state index < -0.39 is 12.1 Å². The second-order valence-corrected chi connectivity index (χ2v) is 4.27. The minimum Gasteiger partial charge on any atom is -0.481 e. The van der Waals surface area contributed by atoms with Crippen LogP contribution in [0.1, 0.15) is 24.0 Å². The zero-order valence-corrected chi connectivity index (χ0v) is 10.2. The molecule has 0 aliphatic carbocycles. The summed E-state index contributed by atoms with van der Waals surface area (Å²) in [6.07, 6.45) is -0.365. The fourth-order valence-electron chi connectivity index (χ4n) is 1.48. The topological polar surface area (TPSA) is 69.6 Å². The van der Waals surface area contributed by atoms with Gasteiger partial charge in [0.1, 0.15) is 0 Å². The maximum Gasteiger partial charge on any atom is 0.303 e. The lowest BCUT2D eigenvalue weighted by molar-refractivity contribution is -0.137. The van der Waals surface area contributed by atoms with Crippen molar-refractivity contribution in [3.63, 3.8) is 0 Å². The van der Waals surface area contributed by atoms with Crippen molar-refractivity contribution in [2.45, 2.75) is 32.8 Å². The van der Waals surface area contributed by atoms with Crippen molar-refractivity contribution < 1.29 is 15.0 Å². The second-order valence-electron chi connectivity index (χ2n) is 4.27. The third kappa shape index (κ3) is 4.87. The number of nitrogens with one attached hydrogen (secondary N) is 1. The Morgan fingerprint density at radius 2 is 2.06 bits per heavy atom. The van der Waals surface area contributed by atoms with Crippen molar-refractivity contribution in [2.75, 3.05) is 11.9 Å². The monoisotopic (exact) mass is 237 g/mol. The first kappa shape index (κ1) is 13.5. The molecule has 1 unspecified atom stereocenters. The van der Waals surface area contributed by atoms with Crippen LogP contribution in [-0.4, -0.2) is 28.8 Å². The van der Waals surface area contributed by atoms with Crippen molar-refractivity contribution in [1.82, 2.24) is 0 Å². The molecule has 0 aliphatic rings. The highest BCUT2D eigenvalue weighted by Gasteiger charge is 2.07. The maximum absolute atomic E-state index is 10.3. The number of aryl methyl sites for hydroxylation is 2. The van der Waals surface area contributed by atoms with Gasteiger partial charge in [0.15, 0.2) is 0 Å². The Labute approximate surface area is 101 Å². The third-order valence-corrected chi connectivity index (χ3v) is 2.74. The van der Waals surface area contributed by atoms with Crippen LogP contribution in [0.3, 0.4) is 0 Å². The van der Waals surface area contributed by atoms with Gasteiger partial charge in [-0.15, -0.1) is 0 Å². The molecule has 0 amide bonds. The average Bonchev–Trinajstić information content (AvgIpc) is 2.28. The van der Waals surface area contributed by atoms with Crippen LogP contribution in [0.5, 0.6) is 0 Å². The van der Waals surface area contributed by atoms with Crippen LogP contribution >= 0.6 is 0 Å². The van der Waals surface area contributed by atoms with Gasteiger partial charge in [-0.25, -0.2) is 0 Å². The normalized spacial score (nSPS) is 12.2. The van der Waals surface area contributed by atoms with E-state index in [1.54, 1.807) is 0 Å². The largest absolute Gasteiger partial charge is 0.481 e. The van der Waals surface area contributed by atoms with E-state index in [0.29, 0.717) is 6.54 Å². The van der Waals surface area contributed by atoms with Crippen molar-refractivity contribution in [3.05, 3.63) is 29.3 Å². The number of anilines is 1. The van der Waals surface area contributed by atoms with E-state index in [-0.39, 0.29) is 12.8 Å². The van der Waals surface area contributed by atoms with Gasteiger partial charge in [-0.1, -0.05) is 6.07 Å². The van der Waals surface area contributed by atoms with Gasteiger partial charge in [-0.05, 0) is 43.5 Å². The number of aliphatic hydroxyl groups excluding tert-OH is 1. The van der Waals surface area contributed by atoms with Crippen LogP contribution in [0, 0.1) is 13.8 Å². The minimum atomic E-state index is -0.879. The van der Waals surface area contributed by atoms with Gasteiger partial charge >= 0.3 is 5.97 Å². The Morgan fingerprint density at radius 3 is 2.65 bits per heavy atom. The molecule has 0 bridgehead atoms. The fraction of sp³-hybridized carbons (Fsp3) is 0.462. The quantitative estimate of drug-likeness (QED) is 0.707. The Hall–Kier alpha value is -1.55. The Bertz CT molecular complexity index is 390. The molecule has 0 spiro atoms. The molecule has 3 N–H and O–H groups in total. The Morgan fingerprint density at radius 1 is 1.35 bits per heavy atom. The van der Waals surface area contributed by atoms with Crippen molar-refractivity contribution in [2.24, 2.45) is 0 Å². The zero-order valence-electron chi connectivity index (χ0n) is 10.2. The number of benzene rings is 1. The summed E-state index contributed by atoms with van der Waals surface area (Å²) in [5.41, 5.74) is 3.36. The Balaban J connectivity index is 2.39. The highest BCUT2D eigenvalue weighted by Crippen LogP contribution is 2.14. The number of rotatable bonds is 6. The second kappa shape index (κ2) is 6.25. The minimum absolute atomic E-state index is 0.00419. The van der Waals surface area contributed by atoms with Gasteiger partial charge in [0.25, 0.3) is 0 Å². The fourth-order valence-corrected chi connectivity index (χ4v) is 1.48. The molecule has 17 heavy (non-hydrogen) atoms. The van der Waals surface area contributed by atoms with Crippen LogP contribution in [0.15, 0.2) is 18.2 Å². The molecule has 0 aromatic heterocycles. The van der Waals surface area contributed by atoms with E-state index in [1.807, 2.05) is 32.0 Å². The molecule has 0 saturated carbocycles. The van der Waals surface area contributed by atoms with Gasteiger partial charge in [0, 0.05) is 18.7 Å². The highest BCUT2D eigenvalue weighted by molar-refractivity contribution is 5.66. The number of aliphatic hydroxyl groups is 1.